The van der Waals surface area contributed by atoms with E-state index in [9.17, 15) is 27.6 Å². The Balaban J connectivity index is 1.59. The zero-order valence-electron chi connectivity index (χ0n) is 22.0. The SMILES string of the molecule is C#C[C@@H]1[C@@H](C)C[C@@H](C(=O)NCCOC(F)(F)F)N1C(=O)Cn1nc(C(C)=O)c2cc(-c3cnc(C)nc3)ccc21. The van der Waals surface area contributed by atoms with E-state index in [4.69, 9.17) is 6.42 Å². The minimum atomic E-state index is -4.82. The van der Waals surface area contributed by atoms with Gasteiger partial charge in [0, 0.05) is 36.8 Å². The minimum Gasteiger partial charge on any atom is -0.352 e. The molecule has 40 heavy (non-hydrogen) atoms. The quantitative estimate of drug-likeness (QED) is 0.257. The smallest absolute Gasteiger partial charge is 0.352 e. The van der Waals surface area contributed by atoms with Gasteiger partial charge in [-0.1, -0.05) is 18.9 Å². The third-order valence-electron chi connectivity index (χ3n) is 6.68. The van der Waals surface area contributed by atoms with E-state index in [1.165, 1.54) is 16.5 Å². The number of alkyl halides is 3. The van der Waals surface area contributed by atoms with Crippen LogP contribution in [-0.2, 0) is 20.9 Å². The van der Waals surface area contributed by atoms with E-state index in [0.717, 1.165) is 11.1 Å². The topological polar surface area (TPSA) is 119 Å². The number of rotatable bonds is 8. The molecule has 1 aliphatic heterocycles. The number of carbonyl (C=O) groups is 3. The molecule has 3 heterocycles. The average Bonchev–Trinajstić information content (AvgIpc) is 3.43. The van der Waals surface area contributed by atoms with Crippen molar-refractivity contribution in [2.75, 3.05) is 13.2 Å². The molecule has 2 aromatic heterocycles. The van der Waals surface area contributed by atoms with Crippen LogP contribution in [-0.4, -0.2) is 73.8 Å². The molecule has 0 aliphatic carbocycles. The highest BCUT2D eigenvalue weighted by molar-refractivity contribution is 6.06. The second kappa shape index (κ2) is 11.4. The summed E-state index contributed by atoms with van der Waals surface area (Å²) in [4.78, 5) is 48.5. The van der Waals surface area contributed by atoms with E-state index in [0.29, 0.717) is 16.7 Å². The Hall–Kier alpha value is -4.31. The Morgan fingerprint density at radius 1 is 1.20 bits per heavy atom. The molecule has 3 aromatic rings. The molecule has 1 aliphatic rings. The number of aromatic nitrogens is 4. The van der Waals surface area contributed by atoms with E-state index < -0.39 is 43.4 Å². The lowest BCUT2D eigenvalue weighted by Crippen LogP contribution is -2.50. The number of halogens is 3. The molecule has 4 rings (SSSR count). The van der Waals surface area contributed by atoms with E-state index >= 15 is 0 Å². The lowest BCUT2D eigenvalue weighted by atomic mass is 10.0. The molecule has 3 atom stereocenters. The fraction of sp³-hybridized carbons (Fsp3) is 0.407. The van der Waals surface area contributed by atoms with Crippen molar-refractivity contribution in [1.29, 1.82) is 0 Å². The molecule has 1 N–H and O–H groups in total. The molecular formula is C27H27F3N6O4. The van der Waals surface area contributed by atoms with Crippen molar-refractivity contribution in [3.63, 3.8) is 0 Å². The molecule has 2 amide bonds. The number of ketones is 1. The van der Waals surface area contributed by atoms with Gasteiger partial charge in [-0.2, -0.15) is 5.10 Å². The molecule has 1 saturated heterocycles. The Labute approximate surface area is 227 Å². The molecule has 0 unspecified atom stereocenters. The molecule has 1 aromatic carbocycles. The minimum absolute atomic E-state index is 0.167. The normalized spacial score (nSPS) is 19.0. The number of terminal acetylenes is 1. The summed E-state index contributed by atoms with van der Waals surface area (Å²) >= 11 is 0. The first-order chi connectivity index (χ1) is 18.9. The van der Waals surface area contributed by atoms with Gasteiger partial charge < -0.3 is 10.2 Å². The standard InChI is InChI=1S/C27H27F3N6O4/c1-5-21-15(2)10-23(26(39)31-8-9-40-27(28,29)30)36(21)24(38)14-35-22-7-6-18(19-12-32-17(4)33-13-19)11-20(22)25(34-35)16(3)37/h1,6-7,11-13,15,21,23H,8-10,14H2,2-4H3,(H,31,39)/t15-,21+,23-/m0/s1. The Bertz CT molecular complexity index is 1480. The number of aryl methyl sites for hydroxylation is 1. The Kier molecular flexibility index (Phi) is 8.20. The molecule has 0 spiro atoms. The van der Waals surface area contributed by atoms with Gasteiger partial charge in [-0.15, -0.1) is 19.6 Å². The first kappa shape index (κ1) is 28.7. The molecule has 10 nitrogen and oxygen atoms in total. The van der Waals surface area contributed by atoms with Gasteiger partial charge in [0.1, 0.15) is 24.1 Å². The molecule has 210 valence electrons. The van der Waals surface area contributed by atoms with E-state index in [1.807, 2.05) is 0 Å². The number of hydrogen-bond donors (Lipinski definition) is 1. The number of nitrogens with zero attached hydrogens (tertiary/aromatic N) is 5. The summed E-state index contributed by atoms with van der Waals surface area (Å²) < 4.78 is 41.8. The van der Waals surface area contributed by atoms with Gasteiger partial charge in [-0.05, 0) is 37.0 Å². The van der Waals surface area contributed by atoms with Gasteiger partial charge in [-0.25, -0.2) is 9.97 Å². The molecule has 0 bridgehead atoms. The Morgan fingerprint density at radius 2 is 1.90 bits per heavy atom. The highest BCUT2D eigenvalue weighted by Gasteiger charge is 2.44. The van der Waals surface area contributed by atoms with Crippen LogP contribution in [0.5, 0.6) is 0 Å². The van der Waals surface area contributed by atoms with Crippen molar-refractivity contribution in [1.82, 2.24) is 30.0 Å². The van der Waals surface area contributed by atoms with Crippen LogP contribution in [0.1, 0.15) is 36.6 Å². The van der Waals surface area contributed by atoms with E-state index in [1.54, 1.807) is 44.4 Å². The van der Waals surface area contributed by atoms with Crippen molar-refractivity contribution in [2.24, 2.45) is 5.92 Å². The largest absolute Gasteiger partial charge is 0.522 e. The summed E-state index contributed by atoms with van der Waals surface area (Å²) in [5, 5.41) is 7.30. The highest BCUT2D eigenvalue weighted by Crippen LogP contribution is 2.31. The summed E-state index contributed by atoms with van der Waals surface area (Å²) in [5.74, 6) is 1.47. The third kappa shape index (κ3) is 6.12. The number of hydrogen-bond acceptors (Lipinski definition) is 7. The first-order valence-corrected chi connectivity index (χ1v) is 12.5. The maximum absolute atomic E-state index is 13.6. The van der Waals surface area contributed by atoms with Crippen LogP contribution in [0.4, 0.5) is 13.2 Å². The fourth-order valence-electron chi connectivity index (χ4n) is 4.82. The van der Waals surface area contributed by atoms with Gasteiger partial charge in [-0.3, -0.25) is 23.8 Å². The summed E-state index contributed by atoms with van der Waals surface area (Å²) in [6.45, 7) is 3.44. The van der Waals surface area contributed by atoms with Crippen LogP contribution < -0.4 is 5.32 Å². The molecule has 0 saturated carbocycles. The number of likely N-dealkylation sites (tertiary alicyclic amines) is 1. The summed E-state index contributed by atoms with van der Waals surface area (Å²) in [7, 11) is 0. The van der Waals surface area contributed by atoms with Crippen LogP contribution in [0.3, 0.4) is 0 Å². The number of carbonyl (C=O) groups excluding carboxylic acids is 3. The van der Waals surface area contributed by atoms with Gasteiger partial charge in [0.05, 0.1) is 18.2 Å². The number of benzene rings is 1. The van der Waals surface area contributed by atoms with E-state index in [-0.39, 0.29) is 30.4 Å². The van der Waals surface area contributed by atoms with Crippen LogP contribution >= 0.6 is 0 Å². The number of amides is 2. The van der Waals surface area contributed by atoms with Crippen LogP contribution in [0, 0.1) is 25.2 Å². The second-order valence-electron chi connectivity index (χ2n) is 9.54. The van der Waals surface area contributed by atoms with Crippen molar-refractivity contribution >= 4 is 28.5 Å². The molecule has 0 radical (unpaired) electrons. The third-order valence-corrected chi connectivity index (χ3v) is 6.68. The zero-order valence-corrected chi connectivity index (χ0v) is 22.0. The maximum atomic E-state index is 13.6. The predicted molar refractivity (Wildman–Crippen MR) is 138 cm³/mol. The fourth-order valence-corrected chi connectivity index (χ4v) is 4.82. The highest BCUT2D eigenvalue weighted by atomic mass is 19.4. The van der Waals surface area contributed by atoms with Crippen molar-refractivity contribution in [2.45, 2.75) is 52.2 Å². The van der Waals surface area contributed by atoms with Crippen LogP contribution in [0.15, 0.2) is 30.6 Å². The van der Waals surface area contributed by atoms with E-state index in [2.05, 4.69) is 31.0 Å². The lowest BCUT2D eigenvalue weighted by Gasteiger charge is -2.28. The zero-order chi connectivity index (χ0) is 29.2. The second-order valence-corrected chi connectivity index (χ2v) is 9.54. The number of ether oxygens (including phenoxy) is 1. The first-order valence-electron chi connectivity index (χ1n) is 12.5. The van der Waals surface area contributed by atoms with Crippen molar-refractivity contribution in [3.8, 4) is 23.5 Å². The Morgan fingerprint density at radius 3 is 2.52 bits per heavy atom. The van der Waals surface area contributed by atoms with Crippen LogP contribution in [0.25, 0.3) is 22.0 Å². The summed E-state index contributed by atoms with van der Waals surface area (Å²) in [5.41, 5.74) is 2.18. The molecular weight excluding hydrogens is 529 g/mol. The summed E-state index contributed by atoms with van der Waals surface area (Å²) in [6.07, 6.45) is 4.44. The number of fused-ring (bicyclic) bond motifs is 1. The van der Waals surface area contributed by atoms with Gasteiger partial charge in [0.25, 0.3) is 0 Å². The molecule has 1 fully saturated rings. The maximum Gasteiger partial charge on any atom is 0.522 e. The van der Waals surface area contributed by atoms with Crippen LogP contribution in [0.2, 0.25) is 0 Å². The number of nitrogens with one attached hydrogen (secondary N) is 1. The predicted octanol–water partition coefficient (Wildman–Crippen LogP) is 2.90. The van der Waals surface area contributed by atoms with Gasteiger partial charge in [0.2, 0.25) is 11.8 Å². The average molecular weight is 557 g/mol. The molecule has 13 heteroatoms. The number of Topliss-reactive ketones (excluding diaryl/α,β-unsaturated/α-hetero) is 1. The van der Waals surface area contributed by atoms with Crippen molar-refractivity contribution in [3.05, 3.63) is 42.1 Å². The van der Waals surface area contributed by atoms with Gasteiger partial charge in [0.15, 0.2) is 5.78 Å². The van der Waals surface area contributed by atoms with Gasteiger partial charge >= 0.3 is 6.36 Å². The monoisotopic (exact) mass is 556 g/mol. The lowest BCUT2D eigenvalue weighted by molar-refractivity contribution is -0.323. The van der Waals surface area contributed by atoms with Crippen molar-refractivity contribution < 1.29 is 32.3 Å². The summed E-state index contributed by atoms with van der Waals surface area (Å²) in [6, 6.07) is 3.60.